The lowest BCUT2D eigenvalue weighted by Gasteiger charge is -2.31. The van der Waals surface area contributed by atoms with Gasteiger partial charge in [0.05, 0.1) is 34.2 Å². The summed E-state index contributed by atoms with van der Waals surface area (Å²) in [6.07, 6.45) is 6.90. The van der Waals surface area contributed by atoms with Crippen molar-refractivity contribution in [1.82, 2.24) is 39.9 Å². The summed E-state index contributed by atoms with van der Waals surface area (Å²) in [5.74, 6) is 0.169. The van der Waals surface area contributed by atoms with Gasteiger partial charge in [0.2, 0.25) is 11.8 Å². The number of hydrogen-bond donors (Lipinski definition) is 2. The van der Waals surface area contributed by atoms with E-state index in [4.69, 9.17) is 32.9 Å². The van der Waals surface area contributed by atoms with E-state index in [1.807, 2.05) is 28.0 Å². The van der Waals surface area contributed by atoms with E-state index in [-0.39, 0.29) is 29.2 Å². The average molecular weight is 805 g/mol. The number of nitrogens with one attached hydrogen (secondary N) is 2. The number of nitrogens with zero attached hydrogens (tertiary/aromatic N) is 7. The van der Waals surface area contributed by atoms with Crippen molar-refractivity contribution in [2.24, 2.45) is 5.41 Å². The number of methoxy groups -OCH3 is 1. The molecule has 6 heterocycles. The van der Waals surface area contributed by atoms with Crippen LogP contribution in [-0.2, 0) is 17.9 Å². The van der Waals surface area contributed by atoms with Gasteiger partial charge in [0.15, 0.2) is 11.6 Å². The summed E-state index contributed by atoms with van der Waals surface area (Å²) in [5.41, 5.74) is 4.29. The molecule has 3 saturated heterocycles. The van der Waals surface area contributed by atoms with Gasteiger partial charge < -0.3 is 30.1 Å². The third kappa shape index (κ3) is 8.41. The molecular weight excluding hydrogens is 756 g/mol. The highest BCUT2D eigenvalue weighted by molar-refractivity contribution is 6.39. The van der Waals surface area contributed by atoms with Crippen LogP contribution in [0.1, 0.15) is 43.7 Å². The maximum absolute atomic E-state index is 15.7. The van der Waals surface area contributed by atoms with Crippen LogP contribution in [0.2, 0.25) is 10.0 Å². The van der Waals surface area contributed by atoms with Gasteiger partial charge in [-0.1, -0.05) is 41.4 Å². The van der Waals surface area contributed by atoms with Crippen molar-refractivity contribution in [3.05, 3.63) is 81.8 Å². The molecule has 0 radical (unpaired) electrons. The van der Waals surface area contributed by atoms with Crippen molar-refractivity contribution >= 4 is 46.6 Å². The molecule has 3 fully saturated rings. The number of likely N-dealkylation sites (tertiary alicyclic amines) is 3. The van der Waals surface area contributed by atoms with Gasteiger partial charge in [-0.05, 0) is 56.5 Å². The Kier molecular flexibility index (Phi) is 12.0. The van der Waals surface area contributed by atoms with Crippen LogP contribution in [-0.4, -0.2) is 113 Å². The van der Waals surface area contributed by atoms with Crippen molar-refractivity contribution in [3.8, 4) is 28.4 Å². The van der Waals surface area contributed by atoms with Crippen LogP contribution in [0.25, 0.3) is 22.5 Å². The van der Waals surface area contributed by atoms with Crippen molar-refractivity contribution in [1.29, 1.82) is 0 Å². The number of benzene rings is 1. The van der Waals surface area contributed by atoms with E-state index in [1.165, 1.54) is 0 Å². The number of carbonyl (C=O) groups excluding carboxylic acids is 2. The van der Waals surface area contributed by atoms with Crippen LogP contribution < -0.4 is 15.4 Å². The van der Waals surface area contributed by atoms with E-state index in [2.05, 4.69) is 25.5 Å². The molecule has 3 aromatic heterocycles. The second-order valence-electron chi connectivity index (χ2n) is 15.3. The minimum absolute atomic E-state index is 0.0488. The van der Waals surface area contributed by atoms with Crippen LogP contribution in [0.4, 0.5) is 20.7 Å². The highest BCUT2D eigenvalue weighted by Gasteiger charge is 2.45. The number of hydrogen-bond acceptors (Lipinski definition) is 9. The first-order valence-electron chi connectivity index (χ1n) is 19.0. The summed E-state index contributed by atoms with van der Waals surface area (Å²) < 4.78 is 21.5. The minimum atomic E-state index is -0.477. The van der Waals surface area contributed by atoms with Crippen molar-refractivity contribution in [3.63, 3.8) is 0 Å². The number of amides is 3. The molecule has 0 aliphatic carbocycles. The molecule has 2 N–H and O–H groups in total. The Bertz CT molecular complexity index is 2100. The number of urea groups is 1. The van der Waals surface area contributed by atoms with E-state index >= 15 is 4.39 Å². The molecule has 1 spiro atoms. The predicted octanol–water partition coefficient (Wildman–Crippen LogP) is 7.08. The lowest BCUT2D eigenvalue weighted by Crippen LogP contribution is -2.44. The number of anilines is 2. The number of piperidine rings is 1. The Morgan fingerprint density at radius 3 is 2.45 bits per heavy atom. The maximum Gasteiger partial charge on any atom is 0.319 e. The zero-order valence-electron chi connectivity index (χ0n) is 32.2. The fourth-order valence-corrected chi connectivity index (χ4v) is 8.74. The van der Waals surface area contributed by atoms with E-state index in [9.17, 15) is 9.59 Å². The monoisotopic (exact) mass is 803 g/mol. The number of halogens is 3. The lowest BCUT2D eigenvalue weighted by molar-refractivity contribution is -0.129. The molecule has 12 nitrogen and oxygen atoms in total. The molecule has 56 heavy (non-hydrogen) atoms. The summed E-state index contributed by atoms with van der Waals surface area (Å²) in [6, 6.07) is 13.0. The second-order valence-corrected chi connectivity index (χ2v) is 16.0. The van der Waals surface area contributed by atoms with Gasteiger partial charge in [-0.15, -0.1) is 0 Å². The normalized spacial score (nSPS) is 18.8. The fraction of sp³-hybridized carbons (Fsp3) is 0.439. The van der Waals surface area contributed by atoms with Gasteiger partial charge in [-0.3, -0.25) is 14.7 Å². The number of ether oxygens (including phenoxy) is 1. The van der Waals surface area contributed by atoms with Crippen LogP contribution >= 0.6 is 23.2 Å². The zero-order chi connectivity index (χ0) is 39.6. The first-order chi connectivity index (χ1) is 26.9. The quantitative estimate of drug-likeness (QED) is 0.173. The van der Waals surface area contributed by atoms with Gasteiger partial charge in [-0.2, -0.15) is 0 Å². The second kappa shape index (κ2) is 16.9. The molecule has 15 heteroatoms. The summed E-state index contributed by atoms with van der Waals surface area (Å²) in [7, 11) is 5.22. The predicted molar refractivity (Wildman–Crippen MR) is 217 cm³/mol. The molecule has 0 saturated carbocycles. The third-order valence-electron chi connectivity index (χ3n) is 11.3. The number of aromatic nitrogens is 3. The highest BCUT2D eigenvalue weighted by Crippen LogP contribution is 2.43. The molecule has 1 aromatic carbocycles. The van der Waals surface area contributed by atoms with Crippen LogP contribution in [0.5, 0.6) is 5.88 Å². The SMILES string of the molecule is COc1nc(-c2ccnc(-c3cccc(Nc4nccc(CNC5CCN(C(C)=O)CC5)c4F)c3Cl)c2Cl)ccc1CN1CCC2(CCN(C(=O)N(C)C)C2)C1. The fourth-order valence-electron chi connectivity index (χ4n) is 8.16. The molecule has 0 bridgehead atoms. The van der Waals surface area contributed by atoms with E-state index in [0.717, 1.165) is 57.4 Å². The molecule has 1 atom stereocenters. The number of pyridine rings is 3. The first-order valence-corrected chi connectivity index (χ1v) is 19.8. The van der Waals surface area contributed by atoms with E-state index in [0.29, 0.717) is 75.9 Å². The zero-order valence-corrected chi connectivity index (χ0v) is 33.8. The standard InChI is InChI=1S/C41H48Cl2FN9O3/c1-26(54)52-18-12-29(13-19-52)47-22-27-10-16-46-38(36(27)44)48-33-7-5-6-31(34(33)42)37-35(43)30(11-17-45-37)32-9-8-28(39(49-32)56-4)23-51-20-14-41(24-51)15-21-53(25-41)40(55)50(2)3/h5-11,16-17,29,47H,12-15,18-25H2,1-4H3,(H,46,48). The Morgan fingerprint density at radius 2 is 1.70 bits per heavy atom. The molecule has 1 unspecified atom stereocenters. The van der Waals surface area contributed by atoms with Gasteiger partial charge in [-0.25, -0.2) is 19.2 Å². The van der Waals surface area contributed by atoms with Crippen molar-refractivity contribution in [2.45, 2.75) is 51.7 Å². The Morgan fingerprint density at radius 1 is 0.929 bits per heavy atom. The smallest absolute Gasteiger partial charge is 0.319 e. The maximum atomic E-state index is 15.7. The molecule has 3 aliphatic heterocycles. The van der Waals surface area contributed by atoms with E-state index < -0.39 is 5.82 Å². The molecular formula is C41H48Cl2FN9O3. The number of carbonyl (C=O) groups is 2. The summed E-state index contributed by atoms with van der Waals surface area (Å²) in [4.78, 5) is 45.9. The summed E-state index contributed by atoms with van der Waals surface area (Å²) in [5, 5.41) is 7.18. The lowest BCUT2D eigenvalue weighted by atomic mass is 9.86. The summed E-state index contributed by atoms with van der Waals surface area (Å²) >= 11 is 14.0. The van der Waals surface area contributed by atoms with Gasteiger partial charge in [0, 0.05) is 113 Å². The largest absolute Gasteiger partial charge is 0.481 e. The Balaban J connectivity index is 1.04. The third-order valence-corrected chi connectivity index (χ3v) is 12.1. The minimum Gasteiger partial charge on any atom is -0.481 e. The highest BCUT2D eigenvalue weighted by atomic mass is 35.5. The molecule has 296 valence electrons. The van der Waals surface area contributed by atoms with Crippen LogP contribution in [0.15, 0.2) is 54.9 Å². The topological polar surface area (TPSA) is 119 Å². The molecule has 3 amide bonds. The molecule has 7 rings (SSSR count). The Hall–Kier alpha value is -4.56. The number of rotatable bonds is 10. The van der Waals surface area contributed by atoms with Gasteiger partial charge in [0.1, 0.15) is 0 Å². The molecule has 3 aliphatic rings. The van der Waals surface area contributed by atoms with Crippen LogP contribution in [0.3, 0.4) is 0 Å². The van der Waals surface area contributed by atoms with Crippen LogP contribution in [0, 0.1) is 11.2 Å². The molecule has 4 aromatic rings. The first kappa shape index (κ1) is 39.7. The van der Waals surface area contributed by atoms with Gasteiger partial charge in [0.25, 0.3) is 0 Å². The summed E-state index contributed by atoms with van der Waals surface area (Å²) in [6.45, 7) is 7.40. The van der Waals surface area contributed by atoms with E-state index in [1.54, 1.807) is 69.7 Å². The van der Waals surface area contributed by atoms with Crippen molar-refractivity contribution in [2.75, 3.05) is 65.8 Å². The van der Waals surface area contributed by atoms with Crippen molar-refractivity contribution < 1.29 is 18.7 Å². The Labute approximate surface area is 337 Å². The average Bonchev–Trinajstić information content (AvgIpc) is 3.81. The van der Waals surface area contributed by atoms with Gasteiger partial charge >= 0.3 is 6.03 Å².